The zero-order valence-electron chi connectivity index (χ0n) is 14.0. The SMILES string of the molecule is O=C(Nc1ccccc1F)N1CCC(n2cc(-c3ccccc3)nn2)C1. The van der Waals surface area contributed by atoms with Crippen LogP contribution in [0.2, 0.25) is 0 Å². The van der Waals surface area contributed by atoms with Crippen molar-refractivity contribution in [2.45, 2.75) is 12.5 Å². The van der Waals surface area contributed by atoms with E-state index in [1.165, 1.54) is 6.07 Å². The summed E-state index contributed by atoms with van der Waals surface area (Å²) in [6.07, 6.45) is 2.68. The number of nitrogens with zero attached hydrogens (tertiary/aromatic N) is 4. The van der Waals surface area contributed by atoms with Crippen molar-refractivity contribution in [2.75, 3.05) is 18.4 Å². The van der Waals surface area contributed by atoms with E-state index in [1.807, 2.05) is 36.5 Å². The van der Waals surface area contributed by atoms with Gasteiger partial charge in [-0.25, -0.2) is 13.9 Å². The van der Waals surface area contributed by atoms with Gasteiger partial charge in [-0.2, -0.15) is 0 Å². The topological polar surface area (TPSA) is 63.1 Å². The van der Waals surface area contributed by atoms with Crippen LogP contribution in [-0.4, -0.2) is 39.0 Å². The number of hydrogen-bond donors (Lipinski definition) is 1. The maximum atomic E-state index is 13.7. The molecule has 1 aliphatic rings. The van der Waals surface area contributed by atoms with Gasteiger partial charge in [0.2, 0.25) is 0 Å². The van der Waals surface area contributed by atoms with Crippen LogP contribution >= 0.6 is 0 Å². The first-order valence-corrected chi connectivity index (χ1v) is 8.48. The fourth-order valence-electron chi connectivity index (χ4n) is 3.10. The Hall–Kier alpha value is -3.22. The molecule has 1 aromatic heterocycles. The Morgan fingerprint density at radius 2 is 1.88 bits per heavy atom. The molecule has 0 spiro atoms. The van der Waals surface area contributed by atoms with Gasteiger partial charge in [-0.1, -0.05) is 47.7 Å². The first-order chi connectivity index (χ1) is 12.7. The van der Waals surface area contributed by atoms with Crippen molar-refractivity contribution in [3.8, 4) is 11.3 Å². The number of likely N-dealkylation sites (tertiary alicyclic amines) is 1. The van der Waals surface area contributed by atoms with E-state index in [4.69, 9.17) is 0 Å². The van der Waals surface area contributed by atoms with Gasteiger partial charge in [0.1, 0.15) is 11.5 Å². The Kier molecular flexibility index (Phi) is 4.35. The summed E-state index contributed by atoms with van der Waals surface area (Å²) < 4.78 is 15.5. The minimum Gasteiger partial charge on any atom is -0.322 e. The average molecular weight is 351 g/mol. The molecule has 3 aromatic rings. The molecule has 26 heavy (non-hydrogen) atoms. The first kappa shape index (κ1) is 16.3. The quantitative estimate of drug-likeness (QED) is 0.785. The molecule has 6 nitrogen and oxygen atoms in total. The van der Waals surface area contributed by atoms with Crippen molar-refractivity contribution in [3.05, 3.63) is 66.6 Å². The number of carbonyl (C=O) groups is 1. The molecule has 132 valence electrons. The van der Waals surface area contributed by atoms with Crippen LogP contribution in [0.1, 0.15) is 12.5 Å². The molecule has 1 N–H and O–H groups in total. The van der Waals surface area contributed by atoms with Gasteiger partial charge in [-0.15, -0.1) is 5.10 Å². The molecule has 2 aromatic carbocycles. The summed E-state index contributed by atoms with van der Waals surface area (Å²) in [6.45, 7) is 1.10. The highest BCUT2D eigenvalue weighted by Gasteiger charge is 2.28. The van der Waals surface area contributed by atoms with Gasteiger partial charge >= 0.3 is 6.03 Å². The van der Waals surface area contributed by atoms with Gasteiger partial charge in [0.25, 0.3) is 0 Å². The number of amides is 2. The van der Waals surface area contributed by atoms with Gasteiger partial charge < -0.3 is 10.2 Å². The van der Waals surface area contributed by atoms with Crippen molar-refractivity contribution in [3.63, 3.8) is 0 Å². The van der Waals surface area contributed by atoms with E-state index in [0.29, 0.717) is 13.1 Å². The van der Waals surface area contributed by atoms with Crippen LogP contribution in [0.25, 0.3) is 11.3 Å². The van der Waals surface area contributed by atoms with Gasteiger partial charge in [-0.3, -0.25) is 0 Å². The van der Waals surface area contributed by atoms with E-state index in [0.717, 1.165) is 17.7 Å². The zero-order chi connectivity index (χ0) is 17.9. The number of para-hydroxylation sites is 1. The monoisotopic (exact) mass is 351 g/mol. The van der Waals surface area contributed by atoms with Gasteiger partial charge in [0.15, 0.2) is 0 Å². The second kappa shape index (κ2) is 6.95. The number of anilines is 1. The second-order valence-corrected chi connectivity index (χ2v) is 6.25. The van der Waals surface area contributed by atoms with Crippen LogP contribution in [0, 0.1) is 5.82 Å². The van der Waals surface area contributed by atoms with E-state index >= 15 is 0 Å². The summed E-state index contributed by atoms with van der Waals surface area (Å²) in [5, 5.41) is 11.1. The minimum atomic E-state index is -0.444. The predicted octanol–water partition coefficient (Wildman–Crippen LogP) is 3.56. The maximum Gasteiger partial charge on any atom is 0.321 e. The largest absolute Gasteiger partial charge is 0.322 e. The lowest BCUT2D eigenvalue weighted by Crippen LogP contribution is -2.33. The van der Waals surface area contributed by atoms with E-state index in [9.17, 15) is 9.18 Å². The van der Waals surface area contributed by atoms with Gasteiger partial charge in [0.05, 0.1) is 17.9 Å². The van der Waals surface area contributed by atoms with Crippen molar-refractivity contribution >= 4 is 11.7 Å². The molecule has 2 heterocycles. The number of rotatable bonds is 3. The highest BCUT2D eigenvalue weighted by atomic mass is 19.1. The molecule has 0 radical (unpaired) electrons. The number of urea groups is 1. The first-order valence-electron chi connectivity index (χ1n) is 8.48. The molecular weight excluding hydrogens is 333 g/mol. The maximum absolute atomic E-state index is 13.7. The van der Waals surface area contributed by atoms with E-state index in [1.54, 1.807) is 27.8 Å². The fraction of sp³-hybridized carbons (Fsp3) is 0.211. The lowest BCUT2D eigenvalue weighted by Gasteiger charge is -2.17. The molecule has 0 aliphatic carbocycles. The molecule has 2 amide bonds. The molecular formula is C19H18FN5O. The number of hydrogen-bond acceptors (Lipinski definition) is 3. The molecule has 0 bridgehead atoms. The Morgan fingerprint density at radius 3 is 2.69 bits per heavy atom. The summed E-state index contributed by atoms with van der Waals surface area (Å²) in [4.78, 5) is 14.0. The lowest BCUT2D eigenvalue weighted by atomic mass is 10.2. The van der Waals surface area contributed by atoms with Crippen molar-refractivity contribution in [1.82, 2.24) is 19.9 Å². The number of nitrogens with one attached hydrogen (secondary N) is 1. The van der Waals surface area contributed by atoms with Crippen molar-refractivity contribution in [2.24, 2.45) is 0 Å². The molecule has 1 atom stereocenters. The van der Waals surface area contributed by atoms with Gasteiger partial charge in [0, 0.05) is 18.7 Å². The predicted molar refractivity (Wildman–Crippen MR) is 96.1 cm³/mol. The number of halogens is 1. The van der Waals surface area contributed by atoms with Crippen LogP contribution in [0.5, 0.6) is 0 Å². The Balaban J connectivity index is 1.42. The Morgan fingerprint density at radius 1 is 1.12 bits per heavy atom. The van der Waals surface area contributed by atoms with Crippen LogP contribution in [-0.2, 0) is 0 Å². The van der Waals surface area contributed by atoms with Crippen LogP contribution in [0.15, 0.2) is 60.8 Å². The van der Waals surface area contributed by atoms with Gasteiger partial charge in [-0.05, 0) is 18.6 Å². The molecule has 1 aliphatic heterocycles. The standard InChI is InChI=1S/C19H18FN5O/c20-16-8-4-5-9-17(16)21-19(26)24-11-10-15(12-24)25-13-18(22-23-25)14-6-2-1-3-7-14/h1-9,13,15H,10-12H2,(H,21,26). The molecule has 1 fully saturated rings. The smallest absolute Gasteiger partial charge is 0.321 e. The van der Waals surface area contributed by atoms with Crippen molar-refractivity contribution < 1.29 is 9.18 Å². The second-order valence-electron chi connectivity index (χ2n) is 6.25. The number of carbonyl (C=O) groups excluding carboxylic acids is 1. The molecule has 0 saturated carbocycles. The fourth-order valence-corrected chi connectivity index (χ4v) is 3.10. The normalized spacial score (nSPS) is 16.7. The molecule has 7 heteroatoms. The van der Waals surface area contributed by atoms with Crippen molar-refractivity contribution in [1.29, 1.82) is 0 Å². The highest BCUT2D eigenvalue weighted by Crippen LogP contribution is 2.24. The van der Waals surface area contributed by atoms with E-state index < -0.39 is 5.82 Å². The Bertz CT molecular complexity index is 911. The van der Waals surface area contributed by atoms with Crippen LogP contribution in [0.4, 0.5) is 14.9 Å². The summed E-state index contributed by atoms with van der Waals surface area (Å²) in [7, 11) is 0. The Labute approximate surface area is 150 Å². The highest BCUT2D eigenvalue weighted by molar-refractivity contribution is 5.89. The molecule has 4 rings (SSSR count). The zero-order valence-corrected chi connectivity index (χ0v) is 14.0. The summed E-state index contributed by atoms with van der Waals surface area (Å²) in [6, 6.07) is 15.7. The third-order valence-corrected chi connectivity index (χ3v) is 4.52. The summed E-state index contributed by atoms with van der Waals surface area (Å²) in [5.74, 6) is -0.444. The van der Waals surface area contributed by atoms with E-state index in [-0.39, 0.29) is 17.8 Å². The average Bonchev–Trinajstić information content (AvgIpc) is 3.34. The van der Waals surface area contributed by atoms with Crippen LogP contribution < -0.4 is 5.32 Å². The molecule has 1 unspecified atom stereocenters. The summed E-state index contributed by atoms with van der Waals surface area (Å²) >= 11 is 0. The van der Waals surface area contributed by atoms with E-state index in [2.05, 4.69) is 15.6 Å². The number of benzene rings is 2. The number of aromatic nitrogens is 3. The third kappa shape index (κ3) is 3.28. The third-order valence-electron chi connectivity index (χ3n) is 4.52. The molecule has 1 saturated heterocycles. The van der Waals surface area contributed by atoms with Crippen LogP contribution in [0.3, 0.4) is 0 Å². The summed E-state index contributed by atoms with van der Waals surface area (Å²) in [5.41, 5.74) is 2.00. The lowest BCUT2D eigenvalue weighted by molar-refractivity contribution is 0.220. The minimum absolute atomic E-state index is 0.0614.